The number of hydrogen-bond donors (Lipinski definition) is 19. The smallest absolute Gasteiger partial charge is 0.188 e. The van der Waals surface area contributed by atoms with Crippen LogP contribution in [0.2, 0.25) is 0 Å². The number of morpholine rings is 1. The van der Waals surface area contributed by atoms with E-state index in [2.05, 4.69) is 134 Å². The molecule has 0 aromatic heterocycles. The van der Waals surface area contributed by atoms with Gasteiger partial charge >= 0.3 is 0 Å². The lowest BCUT2D eigenvalue weighted by Crippen LogP contribution is -2.39. The Bertz CT molecular complexity index is 2120. The van der Waals surface area contributed by atoms with Crippen molar-refractivity contribution in [3.63, 3.8) is 0 Å². The highest BCUT2D eigenvalue weighted by Crippen LogP contribution is 2.17. The average molecular weight is 1880 g/mol. The van der Waals surface area contributed by atoms with Gasteiger partial charge in [-0.25, -0.2) is 16.8 Å². The number of carbonyl (C=O) groups excluding carboxylic acids is 1. The Morgan fingerprint density at radius 1 is 0.315 bits per heavy atom. The number of nitrogens with zero attached hydrogens (tertiary/aromatic N) is 2. The Hall–Kier alpha value is -2.33. The highest BCUT2D eigenvalue weighted by atomic mass is 32.2. The first-order valence-corrected chi connectivity index (χ1v) is 54.1. The van der Waals surface area contributed by atoms with Crippen molar-refractivity contribution < 1.29 is 45.3 Å². The molecule has 0 aromatic carbocycles. The van der Waals surface area contributed by atoms with Crippen LogP contribution in [0, 0.1) is 0 Å². The monoisotopic (exact) mass is 1880 g/mol. The molecule has 0 aliphatic carbocycles. The van der Waals surface area contributed by atoms with Crippen LogP contribution in [0.3, 0.4) is 0 Å². The molecule has 0 spiro atoms. The SMILES string of the molecule is C.C.C.C1=CCNC1.C1=CNCCC1.C1=CSC=CN1.C1=NCCN1.C1=NCCO1.C1CCCNCC1.C1CCNC1.C1CCNCC1.C1CCOC1.C1CNC1.C1CNCCN1.C1CNCCNC1.C1CNCCOC1.C1CNNC1.C1COC1.C1COCCN1.C1CSCCN1.C1CSCN1.O=C1CCCS1.O=S1(=O)CCCC1.O=S1(=O)CCNCC1. The first-order valence-electron chi connectivity index (χ1n) is 46.3. The predicted molar refractivity (Wildman–Crippen MR) is 542 cm³/mol. The van der Waals surface area contributed by atoms with Crippen molar-refractivity contribution in [3.8, 4) is 0 Å². The van der Waals surface area contributed by atoms with Gasteiger partial charge in [-0.15, -0.1) is 23.5 Å². The van der Waals surface area contributed by atoms with E-state index in [1.54, 1.807) is 18.1 Å². The van der Waals surface area contributed by atoms with E-state index in [1.807, 2.05) is 52.9 Å². The van der Waals surface area contributed by atoms with Crippen molar-refractivity contribution in [3.05, 3.63) is 47.6 Å². The number of aliphatic imine (C=N–C) groups is 2. The van der Waals surface area contributed by atoms with E-state index in [1.165, 1.54) is 242 Å². The molecule has 21 rings (SSSR count). The summed E-state index contributed by atoms with van der Waals surface area (Å²) in [5.74, 6) is 7.61. The quantitative estimate of drug-likeness (QED) is 0.124. The molecule has 0 saturated carbocycles. The molecular formula is C87H187N21O10S6. The zero-order valence-electron chi connectivity index (χ0n) is 74.8. The minimum absolute atomic E-state index is 0. The Kier molecular flexibility index (Phi) is 111. The van der Waals surface area contributed by atoms with Crippen LogP contribution >= 0.6 is 47.0 Å². The van der Waals surface area contributed by atoms with Gasteiger partial charge in [-0.05, 0) is 205 Å². The molecule has 16 saturated heterocycles. The van der Waals surface area contributed by atoms with E-state index in [4.69, 9.17) is 18.9 Å². The standard InChI is InChI=1S/C6H13N.C5H12N2.C5H11NO.C5H11N.C5H9N.C4H10N2.C4H9NO2S.C4H9NO.C4H9NS.C4H5NS.C4H9N.C4H7N.C4H8O2S.C4H6OS.C4H8O.C3H6N2.C3H8N2.C3H5NO.C3H7NS.C3H7N.C3H6O.3CH4/c1-2-4-6-7-5-3-1;1-2-6-4-5-7-3-1;1-2-6-3-5-7-4-1;2*1-2-4-6-5-3-1;1-2-6-4-3-5-1;6-8(7)3-1-5-2-4-8;3*1-3-6-4-2-5-1;2*1-2-4-5-3-1;5-7(6)3-1-2-4-7;5-4-2-1-3-6-4;1-2-4-5-3-1;1-2-5-3-4-1;1-2-4-5-3-1;2*1-2-5-3-4-1;2*1-2-4-3-1;;;/h7H,1-6H2;6-7H,1-5H2;6H,1-5H2;6H,1-5H2;2,4,6H,1,3,5H2;5-6H,1-4H2;5H,1-4H2;2*5H,1-4H2;1-5H;5H,1-4H2;1-2,5H,3-4H2;1-4H2;1-3H2;1-4H2;3H,1-2H2,(H,4,5);4-5H,1-3H2;3H,1-2H2;4H,1-3H2;4H,1-3H2;1-3H2;3*1H4. The Morgan fingerprint density at radius 3 is 0.992 bits per heavy atom. The lowest BCUT2D eigenvalue weighted by atomic mass is 10.2. The van der Waals surface area contributed by atoms with Gasteiger partial charge in [0.1, 0.15) is 16.4 Å². The van der Waals surface area contributed by atoms with Crippen LogP contribution in [-0.2, 0) is 48.2 Å². The van der Waals surface area contributed by atoms with Gasteiger partial charge in [0.2, 0.25) is 0 Å². The van der Waals surface area contributed by atoms with E-state index in [9.17, 15) is 21.6 Å². The number of nitrogens with one attached hydrogen (secondary N) is 19. The minimum atomic E-state index is -2.65. The summed E-state index contributed by atoms with van der Waals surface area (Å²) < 4.78 is 66.5. The summed E-state index contributed by atoms with van der Waals surface area (Å²) in [6.07, 6.45) is 43.2. The fraction of sp³-hybridized carbons (Fsp3) is 0.874. The van der Waals surface area contributed by atoms with Crippen molar-refractivity contribution in [1.82, 2.24) is 101 Å². The third-order valence-electron chi connectivity index (χ3n) is 18.3. The first kappa shape index (κ1) is 126. The van der Waals surface area contributed by atoms with Gasteiger partial charge in [0.15, 0.2) is 21.4 Å². The largest absolute Gasteiger partial charge is 0.482 e. The van der Waals surface area contributed by atoms with Gasteiger partial charge in [0, 0.05) is 212 Å². The van der Waals surface area contributed by atoms with Gasteiger partial charge < -0.3 is 114 Å². The van der Waals surface area contributed by atoms with Gasteiger partial charge in [-0.1, -0.05) is 71.5 Å². The summed E-state index contributed by atoms with van der Waals surface area (Å²) in [4.78, 5) is 17.8. The number of rotatable bonds is 0. The van der Waals surface area contributed by atoms with Crippen molar-refractivity contribution in [2.45, 2.75) is 164 Å². The molecule has 21 aliphatic rings. The Labute approximate surface area is 774 Å². The van der Waals surface area contributed by atoms with Crippen molar-refractivity contribution >= 4 is 84.6 Å². The maximum absolute atomic E-state index is 10.6. The Morgan fingerprint density at radius 2 is 0.750 bits per heavy atom. The number of carbonyl (C=O) groups is 1. The third-order valence-corrected chi connectivity index (χ3v) is 25.2. The maximum Gasteiger partial charge on any atom is 0.188 e. The summed E-state index contributed by atoms with van der Waals surface area (Å²) in [6, 6.07) is 0. The molecule has 37 heteroatoms. The van der Waals surface area contributed by atoms with Crippen molar-refractivity contribution in [2.75, 3.05) is 327 Å². The molecule has 736 valence electrons. The fourth-order valence-electron chi connectivity index (χ4n) is 10.8. The van der Waals surface area contributed by atoms with Crippen LogP contribution in [0.25, 0.3) is 0 Å². The molecule has 0 amide bonds. The first-order chi connectivity index (χ1) is 59.8. The number of piperazine rings is 1. The summed E-state index contributed by atoms with van der Waals surface area (Å²) >= 11 is 7.12. The second kappa shape index (κ2) is 109. The highest BCUT2D eigenvalue weighted by molar-refractivity contribution is 8.14. The number of hydrogen-bond acceptors (Lipinski definition) is 35. The minimum Gasteiger partial charge on any atom is -0.482 e. The van der Waals surface area contributed by atoms with E-state index in [0.717, 1.165) is 209 Å². The highest BCUT2D eigenvalue weighted by Gasteiger charge is 2.16. The van der Waals surface area contributed by atoms with Gasteiger partial charge in [-0.2, -0.15) is 11.8 Å². The van der Waals surface area contributed by atoms with Crippen LogP contribution in [-0.4, -0.2) is 362 Å². The van der Waals surface area contributed by atoms with E-state index in [0.29, 0.717) is 41.2 Å². The number of allylic oxidation sites excluding steroid dienone is 1. The molecule has 0 unspecified atom stereocenters. The Balaban J connectivity index is -0.00000124. The molecule has 0 radical (unpaired) electrons. The molecule has 124 heavy (non-hydrogen) atoms. The van der Waals surface area contributed by atoms with Crippen LogP contribution in [0.15, 0.2) is 57.6 Å². The lowest BCUT2D eigenvalue weighted by molar-refractivity contribution is -0.110. The predicted octanol–water partition coefficient (Wildman–Crippen LogP) is 6.01. The number of thioether (sulfide) groups is 4. The normalized spacial score (nSPS) is 22.8. The molecule has 19 N–H and O–H groups in total. The molecule has 0 bridgehead atoms. The molecular weight excluding hydrogens is 1690 g/mol. The number of sulfone groups is 2. The number of piperidine rings is 1. The summed E-state index contributed by atoms with van der Waals surface area (Å²) in [5.41, 5.74) is 5.94. The molecule has 31 nitrogen and oxygen atoms in total. The molecule has 21 heterocycles. The van der Waals surface area contributed by atoms with Crippen molar-refractivity contribution in [1.29, 1.82) is 0 Å². The zero-order valence-corrected chi connectivity index (χ0v) is 79.7. The average Bonchev–Trinajstić information content (AvgIpc) is 1.31. The summed E-state index contributed by atoms with van der Waals surface area (Å²) in [6.45, 7) is 45.1. The number of hydrazine groups is 1. The number of ether oxygens (including phenoxy) is 5. The molecule has 0 atom stereocenters. The third kappa shape index (κ3) is 110. The molecule has 16 fully saturated rings. The maximum atomic E-state index is 10.6. The topological polar surface area (TPSA) is 385 Å². The van der Waals surface area contributed by atoms with Gasteiger partial charge in [-0.3, -0.25) is 25.6 Å². The zero-order chi connectivity index (χ0) is 86.5. The van der Waals surface area contributed by atoms with E-state index in [-0.39, 0.29) is 22.3 Å². The van der Waals surface area contributed by atoms with Gasteiger partial charge in [0.05, 0.1) is 62.3 Å². The van der Waals surface area contributed by atoms with Crippen LogP contribution in [0.4, 0.5) is 0 Å². The fourth-order valence-corrected chi connectivity index (χ4v) is 16.2. The van der Waals surface area contributed by atoms with Crippen molar-refractivity contribution in [2.24, 2.45) is 9.98 Å². The second-order valence-electron chi connectivity index (χ2n) is 29.4. The van der Waals surface area contributed by atoms with Gasteiger partial charge in [0.25, 0.3) is 0 Å². The molecule has 21 aliphatic heterocycles. The van der Waals surface area contributed by atoms with Crippen LogP contribution in [0.1, 0.15) is 164 Å². The lowest BCUT2D eigenvalue weighted by Gasteiger charge is -2.11. The van der Waals surface area contributed by atoms with E-state index < -0.39 is 19.7 Å². The summed E-state index contributed by atoms with van der Waals surface area (Å²) in [7, 11) is -5.19. The molecule has 0 aromatic rings. The van der Waals surface area contributed by atoms with Crippen LogP contribution < -0.4 is 101 Å². The second-order valence-corrected chi connectivity index (χ2v) is 38.3. The van der Waals surface area contributed by atoms with Crippen LogP contribution in [0.5, 0.6) is 0 Å². The summed E-state index contributed by atoms with van der Waals surface area (Å²) in [5, 5.41) is 58.2. The van der Waals surface area contributed by atoms with E-state index >= 15 is 0 Å².